The molecule has 0 aliphatic carbocycles. The van der Waals surface area contributed by atoms with Crippen LogP contribution in [0.2, 0.25) is 0 Å². The highest BCUT2D eigenvalue weighted by Crippen LogP contribution is 2.37. The van der Waals surface area contributed by atoms with E-state index < -0.39 is 11.4 Å². The van der Waals surface area contributed by atoms with Gasteiger partial charge >= 0.3 is 5.97 Å². The fourth-order valence-electron chi connectivity index (χ4n) is 2.88. The number of hydrogen-bond donors (Lipinski definition) is 1. The maximum absolute atomic E-state index is 11.4. The van der Waals surface area contributed by atoms with Gasteiger partial charge in [-0.05, 0) is 43.7 Å². The van der Waals surface area contributed by atoms with Gasteiger partial charge in [-0.2, -0.15) is 11.8 Å². The highest BCUT2D eigenvalue weighted by atomic mass is 32.2. The van der Waals surface area contributed by atoms with Gasteiger partial charge in [-0.3, -0.25) is 9.69 Å². The molecule has 0 bridgehead atoms. The molecule has 3 nitrogen and oxygen atoms in total. The van der Waals surface area contributed by atoms with Crippen molar-refractivity contribution >= 4 is 17.7 Å². The molecule has 2 rings (SSSR count). The van der Waals surface area contributed by atoms with Gasteiger partial charge in [0, 0.05) is 12.6 Å². The molecule has 0 spiro atoms. The van der Waals surface area contributed by atoms with Crippen LogP contribution in [0, 0.1) is 5.41 Å². The SMILES string of the molecule is CCC1(C(=O)O)CCN(C2CCSCC2)C1. The molecule has 16 heavy (non-hydrogen) atoms. The Kier molecular flexibility index (Phi) is 3.80. The molecule has 0 aromatic carbocycles. The molecule has 0 radical (unpaired) electrons. The quantitative estimate of drug-likeness (QED) is 0.824. The molecule has 92 valence electrons. The summed E-state index contributed by atoms with van der Waals surface area (Å²) in [4.78, 5) is 13.8. The van der Waals surface area contributed by atoms with E-state index in [2.05, 4.69) is 4.90 Å². The zero-order valence-electron chi connectivity index (χ0n) is 9.95. The summed E-state index contributed by atoms with van der Waals surface area (Å²) in [6.07, 6.45) is 4.08. The van der Waals surface area contributed by atoms with Gasteiger partial charge in [0.05, 0.1) is 5.41 Å². The monoisotopic (exact) mass is 243 g/mol. The summed E-state index contributed by atoms with van der Waals surface area (Å²) in [6.45, 7) is 3.76. The topological polar surface area (TPSA) is 40.5 Å². The van der Waals surface area contributed by atoms with E-state index in [0.717, 1.165) is 25.9 Å². The number of thioether (sulfide) groups is 1. The molecule has 1 atom stereocenters. The van der Waals surface area contributed by atoms with Gasteiger partial charge < -0.3 is 5.11 Å². The Morgan fingerprint density at radius 2 is 2.19 bits per heavy atom. The molecule has 2 aliphatic heterocycles. The first-order valence-corrected chi connectivity index (χ1v) is 7.38. The lowest BCUT2D eigenvalue weighted by molar-refractivity contribution is -0.148. The highest BCUT2D eigenvalue weighted by Gasteiger charge is 2.44. The summed E-state index contributed by atoms with van der Waals surface area (Å²) < 4.78 is 0. The summed E-state index contributed by atoms with van der Waals surface area (Å²) >= 11 is 2.03. The van der Waals surface area contributed by atoms with Crippen LogP contribution in [-0.2, 0) is 4.79 Å². The molecule has 0 saturated carbocycles. The number of carboxylic acid groups (broad SMARTS) is 1. The predicted octanol–water partition coefficient (Wildman–Crippen LogP) is 2.07. The van der Waals surface area contributed by atoms with E-state index in [4.69, 9.17) is 0 Å². The lowest BCUT2D eigenvalue weighted by Gasteiger charge is -2.32. The third-order valence-electron chi connectivity index (χ3n) is 4.22. The Morgan fingerprint density at radius 1 is 1.50 bits per heavy atom. The average Bonchev–Trinajstić information content (AvgIpc) is 2.76. The molecule has 0 amide bonds. The van der Waals surface area contributed by atoms with Crippen LogP contribution in [-0.4, -0.2) is 46.6 Å². The Bertz CT molecular complexity index is 266. The van der Waals surface area contributed by atoms with Crippen molar-refractivity contribution in [3.8, 4) is 0 Å². The van der Waals surface area contributed by atoms with Crippen molar-refractivity contribution in [3.05, 3.63) is 0 Å². The van der Waals surface area contributed by atoms with Gasteiger partial charge in [-0.15, -0.1) is 0 Å². The van der Waals surface area contributed by atoms with Crippen molar-refractivity contribution in [2.24, 2.45) is 5.41 Å². The zero-order valence-corrected chi connectivity index (χ0v) is 10.8. The Hall–Kier alpha value is -0.220. The van der Waals surface area contributed by atoms with E-state index in [1.807, 2.05) is 18.7 Å². The Labute approximate surface area is 102 Å². The second kappa shape index (κ2) is 4.96. The molecule has 1 unspecified atom stereocenters. The van der Waals surface area contributed by atoms with E-state index in [0.29, 0.717) is 6.04 Å². The van der Waals surface area contributed by atoms with Gasteiger partial charge in [0.15, 0.2) is 0 Å². The molecule has 0 aromatic rings. The maximum atomic E-state index is 11.4. The first-order chi connectivity index (χ1) is 7.68. The van der Waals surface area contributed by atoms with Crippen LogP contribution >= 0.6 is 11.8 Å². The van der Waals surface area contributed by atoms with Crippen molar-refractivity contribution in [2.45, 2.75) is 38.6 Å². The molecule has 0 aromatic heterocycles. The molecule has 2 saturated heterocycles. The molecule has 2 aliphatic rings. The molecule has 2 fully saturated rings. The minimum Gasteiger partial charge on any atom is -0.481 e. The van der Waals surface area contributed by atoms with Crippen LogP contribution in [0.25, 0.3) is 0 Å². The number of carboxylic acids is 1. The largest absolute Gasteiger partial charge is 0.481 e. The van der Waals surface area contributed by atoms with Crippen LogP contribution < -0.4 is 0 Å². The molecule has 4 heteroatoms. The number of nitrogens with zero attached hydrogens (tertiary/aromatic N) is 1. The Balaban J connectivity index is 1.98. The van der Waals surface area contributed by atoms with E-state index in [9.17, 15) is 9.90 Å². The molecular weight excluding hydrogens is 222 g/mol. The second-order valence-corrected chi connectivity index (χ2v) is 6.23. The summed E-state index contributed by atoms with van der Waals surface area (Å²) in [6, 6.07) is 0.647. The van der Waals surface area contributed by atoms with Crippen molar-refractivity contribution in [2.75, 3.05) is 24.6 Å². The normalized spacial score (nSPS) is 33.1. The average molecular weight is 243 g/mol. The summed E-state index contributed by atoms with van der Waals surface area (Å²) in [5, 5.41) is 9.35. The smallest absolute Gasteiger partial charge is 0.310 e. The van der Waals surface area contributed by atoms with Gasteiger partial charge in [0.2, 0.25) is 0 Å². The standard InChI is InChI=1S/C12H21NO2S/c1-2-12(11(14)15)5-6-13(9-12)10-3-7-16-8-4-10/h10H,2-9H2,1H3,(H,14,15). The minimum absolute atomic E-state index is 0.454. The Morgan fingerprint density at radius 3 is 2.69 bits per heavy atom. The third kappa shape index (κ3) is 2.23. The van der Waals surface area contributed by atoms with Crippen LogP contribution in [0.4, 0.5) is 0 Å². The fraction of sp³-hybridized carbons (Fsp3) is 0.917. The number of hydrogen-bond acceptors (Lipinski definition) is 3. The second-order valence-electron chi connectivity index (χ2n) is 5.00. The highest BCUT2D eigenvalue weighted by molar-refractivity contribution is 7.99. The first-order valence-electron chi connectivity index (χ1n) is 6.23. The molecular formula is C12H21NO2S. The lowest BCUT2D eigenvalue weighted by atomic mass is 9.84. The minimum atomic E-state index is -0.595. The number of carbonyl (C=O) groups is 1. The van der Waals surface area contributed by atoms with E-state index in [-0.39, 0.29) is 0 Å². The third-order valence-corrected chi connectivity index (χ3v) is 5.27. The van der Waals surface area contributed by atoms with Crippen LogP contribution in [0.1, 0.15) is 32.6 Å². The first kappa shape index (κ1) is 12.2. The van der Waals surface area contributed by atoms with E-state index in [1.165, 1.54) is 24.3 Å². The summed E-state index contributed by atoms with van der Waals surface area (Å²) in [5.41, 5.74) is -0.454. The van der Waals surface area contributed by atoms with Crippen molar-refractivity contribution in [1.82, 2.24) is 4.90 Å². The summed E-state index contributed by atoms with van der Waals surface area (Å²) in [7, 11) is 0. The lowest BCUT2D eigenvalue weighted by Crippen LogP contribution is -2.40. The van der Waals surface area contributed by atoms with Gasteiger partial charge in [-0.1, -0.05) is 6.92 Å². The van der Waals surface area contributed by atoms with Crippen molar-refractivity contribution < 1.29 is 9.90 Å². The summed E-state index contributed by atoms with van der Waals surface area (Å²) in [5.74, 6) is 1.89. The van der Waals surface area contributed by atoms with Gasteiger partial charge in [0.25, 0.3) is 0 Å². The maximum Gasteiger partial charge on any atom is 0.310 e. The zero-order chi connectivity index (χ0) is 11.6. The van der Waals surface area contributed by atoms with E-state index in [1.54, 1.807) is 0 Å². The van der Waals surface area contributed by atoms with Crippen LogP contribution in [0.5, 0.6) is 0 Å². The molecule has 1 N–H and O–H groups in total. The van der Waals surface area contributed by atoms with E-state index >= 15 is 0 Å². The fourth-order valence-corrected chi connectivity index (χ4v) is 3.96. The number of rotatable bonds is 3. The molecule has 2 heterocycles. The number of aliphatic carboxylic acids is 1. The van der Waals surface area contributed by atoms with Gasteiger partial charge in [-0.25, -0.2) is 0 Å². The number of likely N-dealkylation sites (tertiary alicyclic amines) is 1. The van der Waals surface area contributed by atoms with Crippen molar-refractivity contribution in [1.29, 1.82) is 0 Å². The van der Waals surface area contributed by atoms with Crippen molar-refractivity contribution in [3.63, 3.8) is 0 Å². The van der Waals surface area contributed by atoms with Crippen LogP contribution in [0.15, 0.2) is 0 Å². The predicted molar refractivity (Wildman–Crippen MR) is 66.9 cm³/mol. The van der Waals surface area contributed by atoms with Gasteiger partial charge in [0.1, 0.15) is 0 Å². The van der Waals surface area contributed by atoms with Crippen LogP contribution in [0.3, 0.4) is 0 Å².